The monoisotopic (exact) mass is 268 g/mol. The number of carbonyl (C=O) groups excluding carboxylic acids is 2. The first-order valence-electron chi connectivity index (χ1n) is 5.80. The summed E-state index contributed by atoms with van der Waals surface area (Å²) in [5.41, 5.74) is 0.838. The minimum Gasteiger partial charge on any atom is -0.290 e. The molecule has 0 aromatic heterocycles. The Kier molecular flexibility index (Phi) is 19.2. The van der Waals surface area contributed by atoms with Crippen LogP contribution in [0.4, 0.5) is 0 Å². The minimum absolute atomic E-state index is 0.238. The molecular weight excluding hydrogens is 243 g/mol. The summed E-state index contributed by atoms with van der Waals surface area (Å²) < 4.78 is 0. The molecule has 0 aromatic carbocycles. The molecule has 0 spiro atoms. The first-order valence-corrected chi connectivity index (χ1v) is 6.95. The molecule has 0 rings (SSSR count). The lowest BCUT2D eigenvalue weighted by Crippen LogP contribution is -2.06. The van der Waals surface area contributed by atoms with Crippen molar-refractivity contribution in [1.82, 2.24) is 0 Å². The first kappa shape index (κ1) is 22.0. The van der Waals surface area contributed by atoms with E-state index in [1.807, 2.05) is 20.5 Å². The average molecular weight is 268 g/mol. The van der Waals surface area contributed by atoms with Gasteiger partial charge in [-0.1, -0.05) is 39.7 Å². The number of hydrogen-bond donors (Lipinski definition) is 0. The number of allylic oxidation sites excluding steroid dienone is 5. The quantitative estimate of drug-likeness (QED) is 0.416. The van der Waals surface area contributed by atoms with E-state index in [-0.39, 0.29) is 11.6 Å². The van der Waals surface area contributed by atoms with Gasteiger partial charge in [-0.15, -0.1) is 15.8 Å². The average Bonchev–Trinajstić information content (AvgIpc) is 2.46. The van der Waals surface area contributed by atoms with E-state index in [9.17, 15) is 9.59 Å². The molecule has 0 saturated heterocycles. The predicted molar refractivity (Wildman–Crippen MR) is 84.9 cm³/mol. The smallest absolute Gasteiger partial charge is 0.181 e. The lowest BCUT2D eigenvalue weighted by Gasteiger charge is -2.04. The van der Waals surface area contributed by atoms with E-state index >= 15 is 0 Å². The molecule has 102 valence electrons. The third-order valence-corrected chi connectivity index (χ3v) is 1.84. The lowest BCUT2D eigenvalue weighted by molar-refractivity contribution is -0.113. The highest BCUT2D eigenvalue weighted by Crippen LogP contribution is 2.12. The van der Waals surface area contributed by atoms with E-state index in [2.05, 4.69) is 29.0 Å². The first-order chi connectivity index (χ1) is 8.58. The maximum atomic E-state index is 11.4. The van der Waals surface area contributed by atoms with Crippen LogP contribution < -0.4 is 0 Å². The van der Waals surface area contributed by atoms with Crippen LogP contribution in [0.5, 0.6) is 0 Å². The Morgan fingerprint density at radius 3 is 1.67 bits per heavy atom. The molecule has 0 fully saturated rings. The van der Waals surface area contributed by atoms with E-state index in [0.29, 0.717) is 17.6 Å². The summed E-state index contributed by atoms with van der Waals surface area (Å²) in [4.78, 5) is 22.6. The van der Waals surface area contributed by atoms with E-state index in [4.69, 9.17) is 0 Å². The van der Waals surface area contributed by atoms with Crippen LogP contribution in [0.15, 0.2) is 49.1 Å². The van der Waals surface area contributed by atoms with Crippen molar-refractivity contribution in [2.75, 3.05) is 6.66 Å². The molecule has 0 aliphatic carbocycles. The fourth-order valence-corrected chi connectivity index (χ4v) is 1.01. The molecule has 0 aliphatic rings. The van der Waals surface area contributed by atoms with Gasteiger partial charge in [-0.25, -0.2) is 0 Å². The molecule has 0 bridgehead atoms. The summed E-state index contributed by atoms with van der Waals surface area (Å²) in [6.45, 7) is 17.8. The summed E-state index contributed by atoms with van der Waals surface area (Å²) in [6, 6.07) is 0. The minimum atomic E-state index is -0.239. The third-order valence-electron chi connectivity index (χ3n) is 1.84. The molecule has 0 N–H and O–H groups in total. The van der Waals surface area contributed by atoms with E-state index in [1.54, 1.807) is 13.0 Å². The lowest BCUT2D eigenvalue weighted by atomic mass is 9.99. The second-order valence-corrected chi connectivity index (χ2v) is 2.73. The SMILES string of the molecule is C=CC/C(C(=O)C=C)=C(\C)C(=O)C=C.CC.CP. The van der Waals surface area contributed by atoms with Gasteiger partial charge in [-0.05, 0) is 25.5 Å². The third kappa shape index (κ3) is 8.83. The topological polar surface area (TPSA) is 34.1 Å². The molecule has 3 heteroatoms. The molecule has 0 aliphatic heterocycles. The van der Waals surface area contributed by atoms with Crippen molar-refractivity contribution < 1.29 is 9.59 Å². The molecule has 1 unspecified atom stereocenters. The van der Waals surface area contributed by atoms with Crippen LogP contribution in [0.1, 0.15) is 27.2 Å². The number of carbonyl (C=O) groups is 2. The van der Waals surface area contributed by atoms with Crippen molar-refractivity contribution in [3.8, 4) is 0 Å². The van der Waals surface area contributed by atoms with Gasteiger partial charge in [-0.2, -0.15) is 0 Å². The van der Waals surface area contributed by atoms with Gasteiger partial charge in [0.15, 0.2) is 11.6 Å². The molecule has 2 nitrogen and oxygen atoms in total. The molecule has 0 aromatic rings. The van der Waals surface area contributed by atoms with Crippen LogP contribution in [0.25, 0.3) is 0 Å². The maximum absolute atomic E-state index is 11.4. The van der Waals surface area contributed by atoms with Gasteiger partial charge < -0.3 is 0 Å². The van der Waals surface area contributed by atoms with E-state index in [1.165, 1.54) is 12.2 Å². The van der Waals surface area contributed by atoms with Crippen LogP contribution >= 0.6 is 9.24 Å². The Balaban J connectivity index is -0.000000506. The van der Waals surface area contributed by atoms with E-state index in [0.717, 1.165) is 0 Å². The van der Waals surface area contributed by atoms with Crippen molar-refractivity contribution in [3.63, 3.8) is 0 Å². The summed E-state index contributed by atoms with van der Waals surface area (Å²) in [5.74, 6) is -0.477. The summed E-state index contributed by atoms with van der Waals surface area (Å²) in [5, 5.41) is 0. The normalized spacial score (nSPS) is 9.39. The van der Waals surface area contributed by atoms with Gasteiger partial charge in [0.05, 0.1) is 0 Å². The maximum Gasteiger partial charge on any atom is 0.181 e. The molecular formula is C15H25O2P. The zero-order chi connectivity index (χ0) is 15.1. The van der Waals surface area contributed by atoms with Gasteiger partial charge in [0, 0.05) is 11.1 Å². The zero-order valence-electron chi connectivity index (χ0n) is 12.0. The van der Waals surface area contributed by atoms with Crippen LogP contribution in [0.2, 0.25) is 0 Å². The molecule has 0 amide bonds. The largest absolute Gasteiger partial charge is 0.290 e. The van der Waals surface area contributed by atoms with Crippen molar-refractivity contribution in [1.29, 1.82) is 0 Å². The van der Waals surface area contributed by atoms with Gasteiger partial charge >= 0.3 is 0 Å². The highest BCUT2D eigenvalue weighted by molar-refractivity contribution is 7.15. The Bertz CT molecular complexity index is 325. The fourth-order valence-electron chi connectivity index (χ4n) is 1.01. The molecule has 18 heavy (non-hydrogen) atoms. The van der Waals surface area contributed by atoms with Crippen molar-refractivity contribution >= 4 is 20.8 Å². The Hall–Kier alpha value is -1.27. The number of rotatable bonds is 6. The highest BCUT2D eigenvalue weighted by Gasteiger charge is 2.11. The highest BCUT2D eigenvalue weighted by atomic mass is 31.0. The van der Waals surface area contributed by atoms with Gasteiger partial charge in [0.25, 0.3) is 0 Å². The molecule has 0 saturated carbocycles. The molecule has 0 radical (unpaired) electrons. The van der Waals surface area contributed by atoms with Crippen molar-refractivity contribution in [3.05, 3.63) is 49.1 Å². The van der Waals surface area contributed by atoms with Crippen LogP contribution in [0, 0.1) is 0 Å². The van der Waals surface area contributed by atoms with Crippen molar-refractivity contribution in [2.45, 2.75) is 27.2 Å². The summed E-state index contributed by atoms with van der Waals surface area (Å²) in [6.07, 6.45) is 4.33. The molecule has 0 heterocycles. The predicted octanol–water partition coefficient (Wildman–Crippen LogP) is 3.91. The second-order valence-electron chi connectivity index (χ2n) is 2.73. The standard InChI is InChI=1S/C12H14O2.C2H6.CH5P/c1-5-8-10(12(14)7-3)9(4)11(13)6-2;2*1-2/h5-7H,1-3,8H2,4H3;1-2H3;2H2,1H3/b10-9-;;. The van der Waals surface area contributed by atoms with E-state index < -0.39 is 0 Å². The van der Waals surface area contributed by atoms with Gasteiger partial charge in [0.1, 0.15) is 0 Å². The van der Waals surface area contributed by atoms with Crippen LogP contribution in [0.3, 0.4) is 0 Å². The Labute approximate surface area is 114 Å². The summed E-state index contributed by atoms with van der Waals surface area (Å²) >= 11 is 0. The van der Waals surface area contributed by atoms with Gasteiger partial charge in [0.2, 0.25) is 0 Å². The van der Waals surface area contributed by atoms with Crippen molar-refractivity contribution in [2.24, 2.45) is 0 Å². The Morgan fingerprint density at radius 1 is 1.00 bits per heavy atom. The zero-order valence-corrected chi connectivity index (χ0v) is 13.1. The van der Waals surface area contributed by atoms with Crippen LogP contribution in [-0.4, -0.2) is 18.2 Å². The second kappa shape index (κ2) is 15.7. The van der Waals surface area contributed by atoms with Crippen LogP contribution in [-0.2, 0) is 9.59 Å². The Morgan fingerprint density at radius 2 is 1.39 bits per heavy atom. The molecule has 1 atom stereocenters. The number of ketones is 2. The summed E-state index contributed by atoms with van der Waals surface area (Å²) in [7, 11) is 2.42. The number of hydrogen-bond acceptors (Lipinski definition) is 2. The fraction of sp³-hybridized carbons (Fsp3) is 0.333. The van der Waals surface area contributed by atoms with Gasteiger partial charge in [-0.3, -0.25) is 9.59 Å².